The Hall–Kier alpha value is -0.830. The van der Waals surface area contributed by atoms with E-state index in [-0.39, 0.29) is 18.2 Å². The first-order valence-electron chi connectivity index (χ1n) is 22.0. The van der Waals surface area contributed by atoms with Gasteiger partial charge in [-0.15, -0.1) is 0 Å². The summed E-state index contributed by atoms with van der Waals surface area (Å²) >= 11 is 0. The Labute approximate surface area is 305 Å². The van der Waals surface area contributed by atoms with E-state index in [0.717, 1.165) is 98.7 Å². The molecule has 0 saturated heterocycles. The van der Waals surface area contributed by atoms with Crippen LogP contribution in [-0.2, 0) is 9.53 Å². The van der Waals surface area contributed by atoms with Crippen LogP contribution in [0.15, 0.2) is 12.2 Å². The Bertz CT molecular complexity index is 987. The minimum absolute atomic E-state index is 0.0563. The molecule has 4 saturated carbocycles. The number of carbonyl (C=O) groups is 1. The Balaban J connectivity index is 1.11. The van der Waals surface area contributed by atoms with Crippen molar-refractivity contribution in [2.45, 2.75) is 215 Å². The SMILES string of the molecule is CCCCCC[C@@H](O)C/C=C\CCCCCCCC(=O)O[C@H]1CC[C@@]2(C)[C@@H](CC[C@@H]3[C@@H]2CC[C@]2(C)[C@@H]([C@H](C)CC[C@@H](C)C(C)C)CC[C@@H]32)C1. The molecule has 1 N–H and O–H groups in total. The number of fused-ring (bicyclic) bond motifs is 5. The molecular weight excluding hydrogens is 601 g/mol. The summed E-state index contributed by atoms with van der Waals surface area (Å²) in [7, 11) is 0. The van der Waals surface area contributed by atoms with Gasteiger partial charge in [-0.3, -0.25) is 4.79 Å². The second kappa shape index (κ2) is 19.9. The van der Waals surface area contributed by atoms with Crippen LogP contribution in [0.2, 0.25) is 0 Å². The van der Waals surface area contributed by atoms with E-state index >= 15 is 0 Å². The maximum absolute atomic E-state index is 12.9. The fourth-order valence-corrected chi connectivity index (χ4v) is 12.0. The smallest absolute Gasteiger partial charge is 0.306 e. The number of hydrogen-bond donors (Lipinski definition) is 1. The van der Waals surface area contributed by atoms with Crippen LogP contribution in [0.5, 0.6) is 0 Å². The lowest BCUT2D eigenvalue weighted by molar-refractivity contribution is -0.162. The Kier molecular flexibility index (Phi) is 16.6. The van der Waals surface area contributed by atoms with Crippen LogP contribution in [0.4, 0.5) is 0 Å². The van der Waals surface area contributed by atoms with E-state index in [1.807, 2.05) is 0 Å². The standard InChI is InChI=1S/C46H82O3/c1-8-9-10-17-20-38(47)21-18-15-13-11-12-14-16-19-22-44(48)49-39-29-31-45(6)37(33-39)25-26-40-42-28-27-41(46(42,7)32-30-43(40)45)36(5)24-23-35(4)34(2)3/h15,18,34-43,47H,8-14,16-17,19-33H2,1-7H3/b18-15-/t35-,36-,37+,38-,39+,40+,41-,42+,43+,45+,46-/m1/s1. The number of hydrogen-bond acceptors (Lipinski definition) is 3. The monoisotopic (exact) mass is 683 g/mol. The number of aliphatic hydroxyl groups is 1. The van der Waals surface area contributed by atoms with Gasteiger partial charge in [-0.1, -0.05) is 118 Å². The highest BCUT2D eigenvalue weighted by atomic mass is 16.5. The molecule has 0 aromatic heterocycles. The summed E-state index contributed by atoms with van der Waals surface area (Å²) in [5, 5.41) is 10.1. The van der Waals surface area contributed by atoms with Crippen LogP contribution in [0.3, 0.4) is 0 Å². The molecule has 0 amide bonds. The lowest BCUT2D eigenvalue weighted by atomic mass is 9.44. The van der Waals surface area contributed by atoms with Gasteiger partial charge in [-0.25, -0.2) is 0 Å². The Morgan fingerprint density at radius 1 is 0.776 bits per heavy atom. The van der Waals surface area contributed by atoms with E-state index in [1.54, 1.807) is 0 Å². The van der Waals surface area contributed by atoms with Crippen molar-refractivity contribution in [2.24, 2.45) is 58.2 Å². The van der Waals surface area contributed by atoms with Crippen molar-refractivity contribution in [3.63, 3.8) is 0 Å². The van der Waals surface area contributed by atoms with Crippen LogP contribution < -0.4 is 0 Å². The van der Waals surface area contributed by atoms with E-state index in [2.05, 4.69) is 60.6 Å². The first-order chi connectivity index (χ1) is 23.5. The van der Waals surface area contributed by atoms with Crippen molar-refractivity contribution in [1.29, 1.82) is 0 Å². The number of carbonyl (C=O) groups excluding carboxylic acids is 1. The predicted molar refractivity (Wildman–Crippen MR) is 208 cm³/mol. The van der Waals surface area contributed by atoms with Gasteiger partial charge >= 0.3 is 5.97 Å². The van der Waals surface area contributed by atoms with Crippen molar-refractivity contribution in [2.75, 3.05) is 0 Å². The third-order valence-electron chi connectivity index (χ3n) is 15.6. The van der Waals surface area contributed by atoms with Gasteiger partial charge < -0.3 is 9.84 Å². The maximum Gasteiger partial charge on any atom is 0.306 e. The van der Waals surface area contributed by atoms with Gasteiger partial charge in [0.25, 0.3) is 0 Å². The number of unbranched alkanes of at least 4 members (excludes halogenated alkanes) is 8. The van der Waals surface area contributed by atoms with E-state index < -0.39 is 0 Å². The van der Waals surface area contributed by atoms with Crippen LogP contribution in [-0.4, -0.2) is 23.3 Å². The van der Waals surface area contributed by atoms with Gasteiger partial charge in [0.1, 0.15) is 6.10 Å². The van der Waals surface area contributed by atoms with Crippen molar-refractivity contribution in [3.05, 3.63) is 12.2 Å². The molecule has 0 radical (unpaired) electrons. The summed E-state index contributed by atoms with van der Waals surface area (Å²) in [5.41, 5.74) is 1.01. The highest BCUT2D eigenvalue weighted by molar-refractivity contribution is 5.69. The number of rotatable bonds is 21. The molecule has 4 rings (SSSR count). The summed E-state index contributed by atoms with van der Waals surface area (Å²) in [5.74, 6) is 7.00. The van der Waals surface area contributed by atoms with Gasteiger partial charge in [0.15, 0.2) is 0 Å². The molecule has 49 heavy (non-hydrogen) atoms. The molecule has 4 aliphatic rings. The molecule has 0 aromatic carbocycles. The normalized spacial score (nSPS) is 34.7. The van der Waals surface area contributed by atoms with Crippen LogP contribution in [0.1, 0.15) is 203 Å². The molecule has 0 spiro atoms. The van der Waals surface area contributed by atoms with E-state index in [0.29, 0.717) is 17.3 Å². The second-order valence-corrected chi connectivity index (χ2v) is 19.1. The average molecular weight is 683 g/mol. The van der Waals surface area contributed by atoms with Crippen molar-refractivity contribution >= 4 is 5.97 Å². The van der Waals surface area contributed by atoms with Crippen molar-refractivity contribution in [1.82, 2.24) is 0 Å². The summed E-state index contributed by atoms with van der Waals surface area (Å²) in [6.07, 6.45) is 33.4. The molecule has 4 fully saturated rings. The lowest BCUT2D eigenvalue weighted by Gasteiger charge is -2.61. The zero-order valence-electron chi connectivity index (χ0n) is 33.7. The van der Waals surface area contributed by atoms with E-state index in [9.17, 15) is 9.90 Å². The minimum Gasteiger partial charge on any atom is -0.462 e. The number of allylic oxidation sites excluding steroid dienone is 1. The van der Waals surface area contributed by atoms with E-state index in [1.165, 1.54) is 96.3 Å². The van der Waals surface area contributed by atoms with Crippen LogP contribution in [0.25, 0.3) is 0 Å². The quantitative estimate of drug-likeness (QED) is 0.0744. The minimum atomic E-state index is -0.169. The van der Waals surface area contributed by atoms with Gasteiger partial charge in [-0.2, -0.15) is 0 Å². The number of aliphatic hydroxyl groups excluding tert-OH is 1. The summed E-state index contributed by atoms with van der Waals surface area (Å²) in [6, 6.07) is 0. The highest BCUT2D eigenvalue weighted by Crippen LogP contribution is 2.68. The summed E-state index contributed by atoms with van der Waals surface area (Å²) in [6.45, 7) is 17.5. The Morgan fingerprint density at radius 2 is 1.49 bits per heavy atom. The van der Waals surface area contributed by atoms with Crippen LogP contribution in [0, 0.1) is 58.2 Å². The molecule has 0 heterocycles. The van der Waals surface area contributed by atoms with Gasteiger partial charge in [0, 0.05) is 6.42 Å². The Morgan fingerprint density at radius 3 is 2.27 bits per heavy atom. The fourth-order valence-electron chi connectivity index (χ4n) is 12.0. The molecule has 0 unspecified atom stereocenters. The molecule has 0 bridgehead atoms. The summed E-state index contributed by atoms with van der Waals surface area (Å²) in [4.78, 5) is 12.9. The zero-order valence-corrected chi connectivity index (χ0v) is 33.7. The largest absolute Gasteiger partial charge is 0.462 e. The average Bonchev–Trinajstić information content (AvgIpc) is 3.43. The first kappa shape index (κ1) is 40.9. The molecule has 3 heteroatoms. The molecule has 3 nitrogen and oxygen atoms in total. The van der Waals surface area contributed by atoms with Crippen molar-refractivity contribution in [3.8, 4) is 0 Å². The first-order valence-corrected chi connectivity index (χ1v) is 22.0. The number of esters is 1. The molecule has 4 aliphatic carbocycles. The van der Waals surface area contributed by atoms with Gasteiger partial charge in [0.05, 0.1) is 6.10 Å². The lowest BCUT2D eigenvalue weighted by Crippen LogP contribution is -2.54. The third-order valence-corrected chi connectivity index (χ3v) is 15.6. The molecule has 0 aliphatic heterocycles. The zero-order chi connectivity index (χ0) is 35.4. The molecule has 284 valence electrons. The predicted octanol–water partition coefficient (Wildman–Crippen LogP) is 13.3. The third kappa shape index (κ3) is 11.1. The maximum atomic E-state index is 12.9. The van der Waals surface area contributed by atoms with E-state index in [4.69, 9.17) is 4.74 Å². The summed E-state index contributed by atoms with van der Waals surface area (Å²) < 4.78 is 6.16. The molecule has 11 atom stereocenters. The van der Waals surface area contributed by atoms with Crippen molar-refractivity contribution < 1.29 is 14.6 Å². The topological polar surface area (TPSA) is 46.5 Å². The van der Waals surface area contributed by atoms with Gasteiger partial charge in [0.2, 0.25) is 0 Å². The second-order valence-electron chi connectivity index (χ2n) is 19.1. The van der Waals surface area contributed by atoms with Crippen LogP contribution >= 0.6 is 0 Å². The fraction of sp³-hybridized carbons (Fsp3) is 0.935. The molecular formula is C46H82O3. The highest BCUT2D eigenvalue weighted by Gasteiger charge is 2.60. The number of ether oxygens (including phenoxy) is 1. The van der Waals surface area contributed by atoms with Gasteiger partial charge in [-0.05, 0) is 148 Å². The molecule has 0 aromatic rings.